The Morgan fingerprint density at radius 2 is 1.78 bits per heavy atom. The number of benzene rings is 2. The second-order valence-corrected chi connectivity index (χ2v) is 10.2. The van der Waals surface area contributed by atoms with Gasteiger partial charge in [0.1, 0.15) is 11.9 Å². The first-order chi connectivity index (χ1) is 20.1. The molecule has 0 atom stereocenters. The second-order valence-electron chi connectivity index (χ2n) is 10.2. The molecule has 1 N–H and O–H groups in total. The van der Waals surface area contributed by atoms with Gasteiger partial charge in [-0.2, -0.15) is 5.10 Å². The molecule has 4 aromatic rings. The van der Waals surface area contributed by atoms with Crippen LogP contribution in [0.2, 0.25) is 0 Å². The maximum Gasteiger partial charge on any atom is 0.364 e. The van der Waals surface area contributed by atoms with Crippen LogP contribution in [0.4, 0.5) is 0 Å². The number of nitrogens with one attached hydrogen (secondary N) is 1. The molecule has 1 saturated carbocycles. The van der Waals surface area contributed by atoms with Gasteiger partial charge in [-0.15, -0.1) is 5.10 Å². The predicted molar refractivity (Wildman–Crippen MR) is 153 cm³/mol. The summed E-state index contributed by atoms with van der Waals surface area (Å²) in [6, 6.07) is 18.5. The minimum absolute atomic E-state index is 0.0395. The Hall–Kier alpha value is -4.18. The van der Waals surface area contributed by atoms with E-state index in [-0.39, 0.29) is 18.4 Å². The quantitative estimate of drug-likeness (QED) is 0.236. The van der Waals surface area contributed by atoms with Crippen molar-refractivity contribution in [3.05, 3.63) is 77.1 Å². The molecule has 1 fully saturated rings. The summed E-state index contributed by atoms with van der Waals surface area (Å²) in [5.74, 6) is 1.06. The number of carbonyl (C=O) groups excluding carboxylic acids is 1. The van der Waals surface area contributed by atoms with E-state index in [1.807, 2.05) is 24.3 Å². The molecule has 1 aliphatic rings. The normalized spacial score (nSPS) is 16.9. The van der Waals surface area contributed by atoms with Gasteiger partial charge in [-0.1, -0.05) is 41.6 Å². The minimum Gasteiger partial charge on any atom is -0.497 e. The third-order valence-corrected chi connectivity index (χ3v) is 7.49. The Morgan fingerprint density at radius 3 is 2.46 bits per heavy atom. The van der Waals surface area contributed by atoms with Crippen molar-refractivity contribution < 1.29 is 23.7 Å². The molecule has 0 spiro atoms. The van der Waals surface area contributed by atoms with E-state index in [4.69, 9.17) is 18.9 Å². The minimum atomic E-state index is -0.527. The molecule has 0 radical (unpaired) electrons. The molecule has 1 aliphatic carbocycles. The lowest BCUT2D eigenvalue weighted by molar-refractivity contribution is 0.0507. The topological polar surface area (TPSA) is 113 Å². The molecule has 216 valence electrons. The van der Waals surface area contributed by atoms with Crippen LogP contribution >= 0.6 is 0 Å². The third kappa shape index (κ3) is 6.94. The lowest BCUT2D eigenvalue weighted by atomic mass is 9.82. The number of esters is 1. The molecule has 0 unspecified atom stereocenters. The van der Waals surface area contributed by atoms with E-state index < -0.39 is 5.97 Å². The highest BCUT2D eigenvalue weighted by molar-refractivity contribution is 5.89. The number of H-pyrrole nitrogens is 1. The van der Waals surface area contributed by atoms with Gasteiger partial charge in [-0.25, -0.2) is 9.48 Å². The Kier molecular flexibility index (Phi) is 9.30. The van der Waals surface area contributed by atoms with Gasteiger partial charge in [-0.3, -0.25) is 5.10 Å². The molecule has 5 rings (SSSR count). The molecular formula is C31H37N5O5. The van der Waals surface area contributed by atoms with Gasteiger partial charge >= 0.3 is 5.97 Å². The SMILES string of the molecule is CCOC(=O)c1nnn(Cc2ccc(OC)cc2)c1O[C@H]1CC[C@H](c2ccc(-c3cc(CCOC)n[nH]3)cc2)CC1. The summed E-state index contributed by atoms with van der Waals surface area (Å²) >= 11 is 0. The average molecular weight is 560 g/mol. The average Bonchev–Trinajstić information content (AvgIpc) is 3.64. The Labute approximate surface area is 240 Å². The van der Waals surface area contributed by atoms with E-state index >= 15 is 0 Å². The maximum absolute atomic E-state index is 12.6. The van der Waals surface area contributed by atoms with E-state index in [0.717, 1.165) is 60.4 Å². The zero-order valence-electron chi connectivity index (χ0n) is 23.8. The molecule has 10 nitrogen and oxygen atoms in total. The van der Waals surface area contributed by atoms with E-state index in [1.54, 1.807) is 25.8 Å². The first kappa shape index (κ1) is 28.4. The summed E-state index contributed by atoms with van der Waals surface area (Å²) in [6.45, 7) is 3.09. The highest BCUT2D eigenvalue weighted by Gasteiger charge is 2.29. The molecule has 2 aromatic carbocycles. The van der Waals surface area contributed by atoms with E-state index in [2.05, 4.69) is 50.8 Å². The molecule has 41 heavy (non-hydrogen) atoms. The van der Waals surface area contributed by atoms with Crippen molar-refractivity contribution in [2.24, 2.45) is 0 Å². The van der Waals surface area contributed by atoms with Crippen LogP contribution in [0.5, 0.6) is 11.6 Å². The molecule has 2 heterocycles. The number of carbonyl (C=O) groups is 1. The monoisotopic (exact) mass is 559 g/mol. The van der Waals surface area contributed by atoms with Crippen molar-refractivity contribution in [2.45, 2.75) is 57.6 Å². The Morgan fingerprint density at radius 1 is 1.02 bits per heavy atom. The number of aromatic amines is 1. The zero-order valence-corrected chi connectivity index (χ0v) is 23.8. The highest BCUT2D eigenvalue weighted by atomic mass is 16.5. The molecule has 0 aliphatic heterocycles. The van der Waals surface area contributed by atoms with Gasteiger partial charge in [0.05, 0.1) is 38.3 Å². The van der Waals surface area contributed by atoms with Gasteiger partial charge in [0.15, 0.2) is 0 Å². The third-order valence-electron chi connectivity index (χ3n) is 7.49. The summed E-state index contributed by atoms with van der Waals surface area (Å²) in [7, 11) is 3.33. The van der Waals surface area contributed by atoms with Crippen molar-refractivity contribution >= 4 is 5.97 Å². The number of hydrogen-bond donors (Lipinski definition) is 1. The fourth-order valence-electron chi connectivity index (χ4n) is 5.21. The van der Waals surface area contributed by atoms with Crippen LogP contribution in [-0.2, 0) is 22.4 Å². The van der Waals surface area contributed by atoms with Crippen LogP contribution in [0.15, 0.2) is 54.6 Å². The van der Waals surface area contributed by atoms with Gasteiger partial charge in [-0.05, 0) is 73.4 Å². The van der Waals surface area contributed by atoms with Crippen molar-refractivity contribution in [1.82, 2.24) is 25.2 Å². The van der Waals surface area contributed by atoms with Crippen molar-refractivity contribution in [1.29, 1.82) is 0 Å². The van der Waals surface area contributed by atoms with Gasteiger partial charge in [0.25, 0.3) is 0 Å². The van der Waals surface area contributed by atoms with Crippen LogP contribution in [0, 0.1) is 0 Å². The van der Waals surface area contributed by atoms with Crippen LogP contribution < -0.4 is 9.47 Å². The molecule has 0 saturated heterocycles. The maximum atomic E-state index is 12.6. The molecule has 2 aromatic heterocycles. The van der Waals surface area contributed by atoms with Gasteiger partial charge in [0.2, 0.25) is 11.6 Å². The fourth-order valence-corrected chi connectivity index (χ4v) is 5.21. The van der Waals surface area contributed by atoms with Crippen LogP contribution in [0.25, 0.3) is 11.3 Å². The van der Waals surface area contributed by atoms with Crippen molar-refractivity contribution in [3.8, 4) is 22.9 Å². The van der Waals surface area contributed by atoms with E-state index in [1.165, 1.54) is 5.56 Å². The zero-order chi connectivity index (χ0) is 28.6. The lowest BCUT2D eigenvalue weighted by Crippen LogP contribution is -2.25. The first-order valence-electron chi connectivity index (χ1n) is 14.1. The highest BCUT2D eigenvalue weighted by Crippen LogP contribution is 2.36. The van der Waals surface area contributed by atoms with E-state index in [0.29, 0.717) is 24.9 Å². The number of nitrogens with zero attached hydrogens (tertiary/aromatic N) is 4. The molecule has 0 amide bonds. The number of hydrogen-bond acceptors (Lipinski definition) is 8. The number of methoxy groups -OCH3 is 2. The van der Waals surface area contributed by atoms with Crippen LogP contribution in [0.3, 0.4) is 0 Å². The van der Waals surface area contributed by atoms with Crippen molar-refractivity contribution in [2.75, 3.05) is 27.4 Å². The molecule has 10 heteroatoms. The van der Waals surface area contributed by atoms with E-state index in [9.17, 15) is 4.79 Å². The Bertz CT molecular complexity index is 1410. The molecule has 0 bridgehead atoms. The van der Waals surface area contributed by atoms with Crippen molar-refractivity contribution in [3.63, 3.8) is 0 Å². The summed E-state index contributed by atoms with van der Waals surface area (Å²) in [5.41, 5.74) is 5.55. The number of rotatable bonds is 12. The van der Waals surface area contributed by atoms with Crippen LogP contribution in [-0.4, -0.2) is 64.7 Å². The van der Waals surface area contributed by atoms with Crippen LogP contribution in [0.1, 0.15) is 65.8 Å². The standard InChI is InChI=1S/C31H37N5O5/c1-4-40-31(37)29-30(36(35-34-29)20-21-5-13-26(39-3)14-6-21)41-27-15-11-23(12-16-27)22-7-9-24(10-8-22)28-19-25(32-33-28)17-18-38-2/h5-10,13-14,19,23,27H,4,11-12,15-18,20H2,1-3H3,(H,32,33)/t23-,27-. The summed E-state index contributed by atoms with van der Waals surface area (Å²) in [5, 5.41) is 15.9. The second kappa shape index (κ2) is 13.5. The molecular weight excluding hydrogens is 522 g/mol. The largest absolute Gasteiger partial charge is 0.497 e. The summed E-state index contributed by atoms with van der Waals surface area (Å²) in [6.07, 6.45) is 4.46. The lowest BCUT2D eigenvalue weighted by Gasteiger charge is -2.29. The number of ether oxygens (including phenoxy) is 4. The first-order valence-corrected chi connectivity index (χ1v) is 14.1. The number of aromatic nitrogens is 5. The smallest absolute Gasteiger partial charge is 0.364 e. The summed E-state index contributed by atoms with van der Waals surface area (Å²) in [4.78, 5) is 12.6. The predicted octanol–water partition coefficient (Wildman–Crippen LogP) is 5.20. The summed E-state index contributed by atoms with van der Waals surface area (Å²) < 4.78 is 23.7. The fraction of sp³-hybridized carbons (Fsp3) is 0.419. The van der Waals surface area contributed by atoms with Gasteiger partial charge in [0, 0.05) is 13.5 Å². The van der Waals surface area contributed by atoms with Gasteiger partial charge < -0.3 is 18.9 Å². The Balaban J connectivity index is 1.23.